The smallest absolute Gasteiger partial charge is 0.247 e. The Morgan fingerprint density at radius 1 is 0.846 bits per heavy atom. The number of sulfonamides is 1. The molecular weight excluding hydrogens is 534 g/mol. The highest BCUT2D eigenvalue weighted by molar-refractivity contribution is 7.88. The van der Waals surface area contributed by atoms with Gasteiger partial charge in [-0.1, -0.05) is 98.2 Å². The lowest BCUT2D eigenvalue weighted by Gasteiger charge is -2.33. The van der Waals surface area contributed by atoms with Gasteiger partial charge in [0, 0.05) is 24.7 Å². The number of nitrogens with one attached hydrogen (secondary N) is 1. The van der Waals surface area contributed by atoms with Gasteiger partial charge in [-0.05, 0) is 41.2 Å². The largest absolute Gasteiger partial charge is 0.354 e. The lowest BCUT2D eigenvalue weighted by molar-refractivity contribution is -0.141. The van der Waals surface area contributed by atoms with Crippen molar-refractivity contribution in [2.24, 2.45) is 5.92 Å². The summed E-state index contributed by atoms with van der Waals surface area (Å²) < 4.78 is 26.6. The topological polar surface area (TPSA) is 86.8 Å². The highest BCUT2D eigenvalue weighted by atomic mass is 35.5. The summed E-state index contributed by atoms with van der Waals surface area (Å²) in [5, 5.41) is 3.53. The molecule has 0 aromatic heterocycles. The maximum Gasteiger partial charge on any atom is 0.247 e. The van der Waals surface area contributed by atoms with Gasteiger partial charge in [-0.25, -0.2) is 8.42 Å². The van der Waals surface area contributed by atoms with Gasteiger partial charge in [0.25, 0.3) is 0 Å². The van der Waals surface area contributed by atoms with Gasteiger partial charge in [0.05, 0.1) is 12.8 Å². The third-order valence-corrected chi connectivity index (χ3v) is 7.71. The van der Waals surface area contributed by atoms with Crippen molar-refractivity contribution in [3.8, 4) is 0 Å². The van der Waals surface area contributed by atoms with Crippen LogP contribution in [0.3, 0.4) is 0 Å². The normalized spacial score (nSPS) is 12.4. The predicted molar refractivity (Wildman–Crippen MR) is 155 cm³/mol. The average molecular weight is 570 g/mol. The van der Waals surface area contributed by atoms with Crippen LogP contribution in [0.25, 0.3) is 0 Å². The second-order valence-corrected chi connectivity index (χ2v) is 12.4. The summed E-state index contributed by atoms with van der Waals surface area (Å²) in [7, 11) is -3.74. The van der Waals surface area contributed by atoms with Crippen molar-refractivity contribution in [3.63, 3.8) is 0 Å². The Morgan fingerprint density at radius 3 is 1.97 bits per heavy atom. The van der Waals surface area contributed by atoms with E-state index in [4.69, 9.17) is 11.6 Å². The zero-order valence-corrected chi connectivity index (χ0v) is 24.2. The number of halogens is 1. The van der Waals surface area contributed by atoms with E-state index in [0.717, 1.165) is 28.1 Å². The van der Waals surface area contributed by atoms with Crippen molar-refractivity contribution in [2.45, 2.75) is 39.4 Å². The molecule has 9 heteroatoms. The monoisotopic (exact) mass is 569 g/mol. The number of carbonyl (C=O) groups is 2. The van der Waals surface area contributed by atoms with Crippen molar-refractivity contribution >= 4 is 33.4 Å². The molecule has 0 saturated heterocycles. The van der Waals surface area contributed by atoms with Crippen molar-refractivity contribution in [2.75, 3.05) is 19.3 Å². The summed E-state index contributed by atoms with van der Waals surface area (Å²) in [6.45, 7) is 4.33. The second kappa shape index (κ2) is 14.3. The van der Waals surface area contributed by atoms with E-state index >= 15 is 0 Å². The van der Waals surface area contributed by atoms with Gasteiger partial charge in [-0.15, -0.1) is 0 Å². The lowest BCUT2D eigenvalue weighted by atomic mass is 10.0. The fourth-order valence-corrected chi connectivity index (χ4v) is 4.97. The Hall–Kier alpha value is -3.20. The number of amides is 2. The molecule has 208 valence electrons. The van der Waals surface area contributed by atoms with Gasteiger partial charge in [0.1, 0.15) is 6.04 Å². The molecule has 0 radical (unpaired) electrons. The molecule has 0 aliphatic carbocycles. The Morgan fingerprint density at radius 2 is 1.41 bits per heavy atom. The highest BCUT2D eigenvalue weighted by Gasteiger charge is 2.33. The van der Waals surface area contributed by atoms with Gasteiger partial charge in [-0.2, -0.15) is 4.31 Å². The van der Waals surface area contributed by atoms with E-state index in [1.165, 1.54) is 4.90 Å². The summed E-state index contributed by atoms with van der Waals surface area (Å²) in [5.74, 6) is -0.411. The lowest BCUT2D eigenvalue weighted by Crippen LogP contribution is -2.48. The van der Waals surface area contributed by atoms with Crippen LogP contribution in [-0.2, 0) is 32.7 Å². The van der Waals surface area contributed by atoms with Crippen LogP contribution in [0.4, 0.5) is 0 Å². The summed E-state index contributed by atoms with van der Waals surface area (Å²) in [6, 6.07) is 24.2. The van der Waals surface area contributed by atoms with Crippen molar-refractivity contribution in [1.29, 1.82) is 0 Å². The molecule has 1 N–H and O–H groups in total. The fraction of sp³-hybridized carbons (Fsp3) is 0.333. The highest BCUT2D eigenvalue weighted by Crippen LogP contribution is 2.25. The van der Waals surface area contributed by atoms with E-state index in [1.807, 2.05) is 48.5 Å². The minimum Gasteiger partial charge on any atom is -0.354 e. The molecule has 2 amide bonds. The summed E-state index contributed by atoms with van der Waals surface area (Å²) in [6.07, 6.45) is 1.87. The quantitative estimate of drug-likeness (QED) is 0.313. The molecular formula is C30H36ClN3O4S. The Kier molecular flexibility index (Phi) is 11.1. The van der Waals surface area contributed by atoms with Crippen LogP contribution in [0.2, 0.25) is 5.02 Å². The third kappa shape index (κ3) is 9.49. The number of rotatable bonds is 13. The maximum absolute atomic E-state index is 14.0. The summed E-state index contributed by atoms with van der Waals surface area (Å²) >= 11 is 6.08. The van der Waals surface area contributed by atoms with Gasteiger partial charge in [-0.3, -0.25) is 9.59 Å². The standard InChI is InChI=1S/C30H36ClN3O4S/c1-23(2)18-19-32-30(36)29(26-12-8-5-9-13-26)34(21-25-14-16-27(31)17-15-25)28(35)22-33(39(3,37)38)20-24-10-6-4-7-11-24/h4-17,23,29H,18-22H2,1-3H3,(H,32,36)/t29-/m1/s1. The number of carbonyl (C=O) groups excluding carboxylic acids is 2. The SMILES string of the molecule is CC(C)CCNC(=O)[C@@H](c1ccccc1)N(Cc1ccc(Cl)cc1)C(=O)CN(Cc1ccccc1)S(C)(=O)=O. The molecule has 7 nitrogen and oxygen atoms in total. The van der Waals surface area contributed by atoms with Crippen LogP contribution in [0.1, 0.15) is 43.0 Å². The molecule has 0 heterocycles. The molecule has 0 aliphatic rings. The molecule has 0 unspecified atom stereocenters. The zero-order chi connectivity index (χ0) is 28.4. The first-order chi connectivity index (χ1) is 18.5. The van der Waals surface area contributed by atoms with E-state index in [-0.39, 0.29) is 19.0 Å². The van der Waals surface area contributed by atoms with Gasteiger partial charge >= 0.3 is 0 Å². The minimum atomic E-state index is -3.74. The molecule has 3 aromatic carbocycles. The molecule has 0 fully saturated rings. The predicted octanol–water partition coefficient (Wildman–Crippen LogP) is 5.03. The molecule has 0 aliphatic heterocycles. The van der Waals surface area contributed by atoms with E-state index in [9.17, 15) is 18.0 Å². The van der Waals surface area contributed by atoms with E-state index in [0.29, 0.717) is 23.0 Å². The first-order valence-corrected chi connectivity index (χ1v) is 15.1. The van der Waals surface area contributed by atoms with Crippen LogP contribution < -0.4 is 5.32 Å². The van der Waals surface area contributed by atoms with Crippen LogP contribution in [-0.4, -0.2) is 48.8 Å². The number of benzene rings is 3. The zero-order valence-electron chi connectivity index (χ0n) is 22.6. The van der Waals surface area contributed by atoms with Crippen molar-refractivity contribution in [1.82, 2.24) is 14.5 Å². The number of nitrogens with zero attached hydrogens (tertiary/aromatic N) is 2. The van der Waals surface area contributed by atoms with Crippen LogP contribution in [0.5, 0.6) is 0 Å². The first kappa shape index (κ1) is 30.3. The molecule has 0 saturated carbocycles. The van der Waals surface area contributed by atoms with E-state index < -0.39 is 28.5 Å². The first-order valence-electron chi connectivity index (χ1n) is 12.9. The van der Waals surface area contributed by atoms with Gasteiger partial charge < -0.3 is 10.2 Å². The van der Waals surface area contributed by atoms with Crippen molar-refractivity contribution < 1.29 is 18.0 Å². The molecule has 1 atom stereocenters. The van der Waals surface area contributed by atoms with Gasteiger partial charge in [0.2, 0.25) is 21.8 Å². The third-order valence-electron chi connectivity index (χ3n) is 6.27. The molecule has 3 rings (SSSR count). The van der Waals surface area contributed by atoms with Crippen LogP contribution >= 0.6 is 11.6 Å². The molecule has 39 heavy (non-hydrogen) atoms. The van der Waals surface area contributed by atoms with Crippen LogP contribution in [0, 0.1) is 5.92 Å². The second-order valence-electron chi connectivity index (χ2n) is 9.95. The summed E-state index contributed by atoms with van der Waals surface area (Å²) in [4.78, 5) is 29.1. The number of hydrogen-bond acceptors (Lipinski definition) is 4. The number of hydrogen-bond donors (Lipinski definition) is 1. The maximum atomic E-state index is 14.0. The molecule has 3 aromatic rings. The summed E-state index contributed by atoms with van der Waals surface area (Å²) in [5.41, 5.74) is 2.15. The van der Waals surface area contributed by atoms with E-state index in [1.54, 1.807) is 36.4 Å². The van der Waals surface area contributed by atoms with Crippen molar-refractivity contribution in [3.05, 3.63) is 107 Å². The van der Waals surface area contributed by atoms with Gasteiger partial charge in [0.15, 0.2) is 0 Å². The Labute approximate surface area is 236 Å². The van der Waals surface area contributed by atoms with Crippen LogP contribution in [0.15, 0.2) is 84.9 Å². The molecule has 0 bridgehead atoms. The Bertz CT molecular complexity index is 1320. The van der Waals surface area contributed by atoms with E-state index in [2.05, 4.69) is 19.2 Å². The fourth-order valence-electron chi connectivity index (χ4n) is 4.12. The minimum absolute atomic E-state index is 0.0385. The molecule has 0 spiro atoms. The Balaban J connectivity index is 1.99. The average Bonchev–Trinajstić information content (AvgIpc) is 2.89.